The number of carbonyl (C=O) groups is 1. The predicted molar refractivity (Wildman–Crippen MR) is 84.9 cm³/mol. The lowest BCUT2D eigenvalue weighted by Gasteiger charge is -2.07. The van der Waals surface area contributed by atoms with E-state index in [2.05, 4.69) is 15.9 Å². The number of carbonyl (C=O) groups excluding carboxylic acids is 1. The van der Waals surface area contributed by atoms with Gasteiger partial charge in [-0.1, -0.05) is 0 Å². The summed E-state index contributed by atoms with van der Waals surface area (Å²) in [4.78, 5) is 13.1. The summed E-state index contributed by atoms with van der Waals surface area (Å²) in [7, 11) is 3.11. The number of hydrogen-bond donors (Lipinski definition) is 0. The number of methoxy groups -OCH3 is 2. The summed E-state index contributed by atoms with van der Waals surface area (Å²) in [6, 6.07) is 9.02. The summed E-state index contributed by atoms with van der Waals surface area (Å²) in [5, 5.41) is 0. The van der Waals surface area contributed by atoms with Gasteiger partial charge < -0.3 is 9.47 Å². The van der Waals surface area contributed by atoms with Crippen molar-refractivity contribution in [3.05, 3.63) is 50.6 Å². The fourth-order valence-corrected chi connectivity index (χ4v) is 2.99. The topological polar surface area (TPSA) is 35.5 Å². The molecule has 0 bridgehead atoms. The Morgan fingerprint density at radius 2 is 1.90 bits per heavy atom. The predicted octanol–water partition coefficient (Wildman–Crippen LogP) is 4.42. The summed E-state index contributed by atoms with van der Waals surface area (Å²) < 4.78 is 11.4. The molecule has 0 radical (unpaired) electrons. The third-order valence-corrected chi connectivity index (χ3v) is 4.25. The van der Waals surface area contributed by atoms with E-state index in [0.29, 0.717) is 17.1 Å². The molecule has 1 heterocycles. The molecule has 104 valence electrons. The minimum atomic E-state index is -0.0736. The van der Waals surface area contributed by atoms with E-state index < -0.39 is 0 Å². The molecule has 0 aliphatic heterocycles. The molecule has 0 aliphatic rings. The maximum Gasteiger partial charge on any atom is 0.186 e. The summed E-state index contributed by atoms with van der Waals surface area (Å²) in [5.41, 5.74) is 0.564. The van der Waals surface area contributed by atoms with Crippen LogP contribution in [-0.4, -0.2) is 20.0 Å². The Bertz CT molecular complexity index is 646. The van der Waals surface area contributed by atoms with Crippen LogP contribution in [0.3, 0.4) is 0 Å². The van der Waals surface area contributed by atoms with Crippen molar-refractivity contribution in [2.75, 3.05) is 14.2 Å². The van der Waals surface area contributed by atoms with Crippen molar-refractivity contribution in [3.8, 4) is 11.5 Å². The molecule has 1 aromatic carbocycles. The maximum atomic E-state index is 12.1. The van der Waals surface area contributed by atoms with Crippen molar-refractivity contribution in [1.82, 2.24) is 0 Å². The van der Waals surface area contributed by atoms with E-state index in [4.69, 9.17) is 9.47 Å². The number of ether oxygens (including phenoxy) is 2. The smallest absolute Gasteiger partial charge is 0.186 e. The van der Waals surface area contributed by atoms with Crippen molar-refractivity contribution in [2.45, 2.75) is 0 Å². The number of rotatable bonds is 5. The van der Waals surface area contributed by atoms with Crippen molar-refractivity contribution < 1.29 is 14.3 Å². The number of allylic oxidation sites excluding steroid dienone is 1. The number of hydrogen-bond acceptors (Lipinski definition) is 4. The minimum absolute atomic E-state index is 0.0736. The molecule has 0 atom stereocenters. The second kappa shape index (κ2) is 6.72. The average molecular weight is 353 g/mol. The molecule has 0 N–H and O–H groups in total. The quantitative estimate of drug-likeness (QED) is 0.590. The Balaban J connectivity index is 2.19. The zero-order valence-electron chi connectivity index (χ0n) is 11.1. The zero-order chi connectivity index (χ0) is 14.5. The van der Waals surface area contributed by atoms with Gasteiger partial charge in [-0.05, 0) is 58.4 Å². The minimum Gasteiger partial charge on any atom is -0.493 e. The van der Waals surface area contributed by atoms with Crippen LogP contribution in [0.1, 0.15) is 15.2 Å². The standard InChI is InChI=1S/C15H13BrO3S/c1-18-13-7-3-10(9-14(13)19-2)12(17)6-4-11-5-8-15(16)20-11/h3-9H,1-2H3/b6-4+. The first-order valence-corrected chi connectivity index (χ1v) is 7.44. The van der Waals surface area contributed by atoms with Gasteiger partial charge in [0, 0.05) is 10.4 Å². The molecule has 0 saturated carbocycles. The van der Waals surface area contributed by atoms with Gasteiger partial charge in [-0.2, -0.15) is 0 Å². The molecule has 0 unspecified atom stereocenters. The van der Waals surface area contributed by atoms with Gasteiger partial charge in [0.05, 0.1) is 18.0 Å². The molecule has 5 heteroatoms. The zero-order valence-corrected chi connectivity index (χ0v) is 13.5. The van der Waals surface area contributed by atoms with Gasteiger partial charge in [0.25, 0.3) is 0 Å². The molecule has 2 aromatic rings. The summed E-state index contributed by atoms with van der Waals surface area (Å²) >= 11 is 4.96. The Kier molecular flexibility index (Phi) is 4.98. The van der Waals surface area contributed by atoms with Crippen molar-refractivity contribution in [3.63, 3.8) is 0 Å². The number of benzene rings is 1. The van der Waals surface area contributed by atoms with Crippen LogP contribution >= 0.6 is 27.3 Å². The second-order valence-corrected chi connectivity index (χ2v) is 6.40. The molecule has 0 fully saturated rings. The monoisotopic (exact) mass is 352 g/mol. The molecule has 0 spiro atoms. The molecule has 0 aliphatic carbocycles. The number of halogens is 1. The van der Waals surface area contributed by atoms with E-state index in [-0.39, 0.29) is 5.78 Å². The molecule has 0 saturated heterocycles. The largest absolute Gasteiger partial charge is 0.493 e. The summed E-state index contributed by atoms with van der Waals surface area (Å²) in [6.07, 6.45) is 3.36. The van der Waals surface area contributed by atoms with Crippen LogP contribution < -0.4 is 9.47 Å². The maximum absolute atomic E-state index is 12.1. The van der Waals surface area contributed by atoms with Crippen LogP contribution in [0, 0.1) is 0 Å². The molecule has 3 nitrogen and oxygen atoms in total. The van der Waals surface area contributed by atoms with Crippen molar-refractivity contribution in [2.24, 2.45) is 0 Å². The van der Waals surface area contributed by atoms with E-state index in [0.717, 1.165) is 8.66 Å². The Morgan fingerprint density at radius 1 is 1.15 bits per heavy atom. The molecule has 20 heavy (non-hydrogen) atoms. The third kappa shape index (κ3) is 3.49. The lowest BCUT2D eigenvalue weighted by atomic mass is 10.1. The van der Waals surface area contributed by atoms with Crippen LogP contribution in [0.4, 0.5) is 0 Å². The van der Waals surface area contributed by atoms with Gasteiger partial charge in [0.1, 0.15) is 0 Å². The lowest BCUT2D eigenvalue weighted by molar-refractivity contribution is 0.104. The van der Waals surface area contributed by atoms with Gasteiger partial charge in [-0.15, -0.1) is 11.3 Å². The van der Waals surface area contributed by atoms with E-state index in [1.165, 1.54) is 0 Å². The van der Waals surface area contributed by atoms with Crippen LogP contribution in [0.25, 0.3) is 6.08 Å². The van der Waals surface area contributed by atoms with Gasteiger partial charge in [0.15, 0.2) is 17.3 Å². The van der Waals surface area contributed by atoms with E-state index in [9.17, 15) is 4.79 Å². The fraction of sp³-hybridized carbons (Fsp3) is 0.133. The number of ketones is 1. The first-order valence-electron chi connectivity index (χ1n) is 5.84. The summed E-state index contributed by atoms with van der Waals surface area (Å²) in [6.45, 7) is 0. The summed E-state index contributed by atoms with van der Waals surface area (Å²) in [5.74, 6) is 1.08. The highest BCUT2D eigenvalue weighted by atomic mass is 79.9. The highest BCUT2D eigenvalue weighted by molar-refractivity contribution is 9.11. The van der Waals surface area contributed by atoms with Gasteiger partial charge in [-0.25, -0.2) is 0 Å². The SMILES string of the molecule is COc1ccc(C(=O)/C=C/c2ccc(Br)s2)cc1OC. The van der Waals surface area contributed by atoms with Crippen LogP contribution in [0.2, 0.25) is 0 Å². The van der Waals surface area contributed by atoms with Crippen molar-refractivity contribution in [1.29, 1.82) is 0 Å². The van der Waals surface area contributed by atoms with Gasteiger partial charge in [0.2, 0.25) is 0 Å². The van der Waals surface area contributed by atoms with Gasteiger partial charge >= 0.3 is 0 Å². The molecular weight excluding hydrogens is 340 g/mol. The average Bonchev–Trinajstić information content (AvgIpc) is 2.89. The van der Waals surface area contributed by atoms with Crippen molar-refractivity contribution >= 4 is 39.1 Å². The first-order chi connectivity index (χ1) is 9.63. The second-order valence-electron chi connectivity index (χ2n) is 3.91. The molecule has 2 rings (SSSR count). The highest BCUT2D eigenvalue weighted by Gasteiger charge is 2.08. The van der Waals surface area contributed by atoms with Crippen LogP contribution in [0.15, 0.2) is 40.2 Å². The lowest BCUT2D eigenvalue weighted by Crippen LogP contribution is -1.97. The fourth-order valence-electron chi connectivity index (χ4n) is 1.66. The van der Waals surface area contributed by atoms with E-state index >= 15 is 0 Å². The number of thiophene rings is 1. The van der Waals surface area contributed by atoms with E-state index in [1.807, 2.05) is 12.1 Å². The first kappa shape index (κ1) is 14.8. The van der Waals surface area contributed by atoms with Crippen LogP contribution in [0.5, 0.6) is 11.5 Å². The third-order valence-electron chi connectivity index (χ3n) is 2.66. The van der Waals surface area contributed by atoms with Crippen LogP contribution in [-0.2, 0) is 0 Å². The molecular formula is C15H13BrO3S. The highest BCUT2D eigenvalue weighted by Crippen LogP contribution is 2.28. The van der Waals surface area contributed by atoms with Gasteiger partial charge in [-0.3, -0.25) is 4.79 Å². The Hall–Kier alpha value is -1.59. The molecule has 0 amide bonds. The Morgan fingerprint density at radius 3 is 2.50 bits per heavy atom. The van der Waals surface area contributed by atoms with E-state index in [1.54, 1.807) is 55.9 Å². The molecule has 1 aromatic heterocycles. The normalized spacial score (nSPS) is 10.8. The Labute approximate surface area is 130 Å².